The van der Waals surface area contributed by atoms with Gasteiger partial charge < -0.3 is 20.1 Å². The highest BCUT2D eigenvalue weighted by molar-refractivity contribution is 7.47. The maximum Gasteiger partial charge on any atom is 0.472 e. The Balaban J connectivity index is 3.70. The van der Waals surface area contributed by atoms with Gasteiger partial charge in [-0.2, -0.15) is 0 Å². The second-order valence-electron chi connectivity index (χ2n) is 8.67. The number of hydrogen-bond acceptors (Lipinski definition) is 7. The molecule has 2 atom stereocenters. The third-order valence-electron chi connectivity index (χ3n) is 5.29. The maximum absolute atomic E-state index is 11.8. The molecule has 0 spiro atoms. The Kier molecular flexibility index (Phi) is 21.8. The Bertz CT molecular complexity index is 561. The van der Waals surface area contributed by atoms with Crippen LogP contribution in [0.5, 0.6) is 0 Å². The Morgan fingerprint density at radius 3 is 1.94 bits per heavy atom. The van der Waals surface area contributed by atoms with Gasteiger partial charge in [-0.15, -0.1) is 0 Å². The zero-order chi connectivity index (χ0) is 25.5. The topological polar surface area (TPSA) is 131 Å². The van der Waals surface area contributed by atoms with E-state index in [1.54, 1.807) is 0 Å². The molecule has 3 N–H and O–H groups in total. The van der Waals surface area contributed by atoms with Crippen LogP contribution in [-0.2, 0) is 27.9 Å². The van der Waals surface area contributed by atoms with Gasteiger partial charge in [0.05, 0.1) is 13.2 Å². The van der Waals surface area contributed by atoms with E-state index in [4.69, 9.17) is 13.8 Å². The number of carbonyl (C=O) groups excluding carboxylic acids is 2. The molecular formula is C24H48NO8P. The standard InChI is InChI=1S/C24H48NO8P/c1-3-5-7-9-10-11-12-13-15-17-24(28)31-20-22(26)21-33-34(29,30)32-19-18-25-23(27)16-14-8-6-4-2/h22,26H,3-21H2,1-2H3,(H,25,27)(H,29,30). The SMILES string of the molecule is CCCCCCCCCCCC(=O)OCC(O)COP(=O)(O)OCCNC(=O)CCCCCC. The first-order chi connectivity index (χ1) is 16.3. The van der Waals surface area contributed by atoms with Gasteiger partial charge in [0, 0.05) is 19.4 Å². The molecular weight excluding hydrogens is 461 g/mol. The molecule has 202 valence electrons. The lowest BCUT2D eigenvalue weighted by molar-refractivity contribution is -0.147. The van der Waals surface area contributed by atoms with Gasteiger partial charge in [0.2, 0.25) is 5.91 Å². The number of carbonyl (C=O) groups is 2. The van der Waals surface area contributed by atoms with Crippen LogP contribution in [0.15, 0.2) is 0 Å². The molecule has 0 aromatic heterocycles. The molecule has 0 aromatic carbocycles. The molecule has 0 aliphatic carbocycles. The quantitative estimate of drug-likeness (QED) is 0.0938. The first kappa shape index (κ1) is 33.0. The van der Waals surface area contributed by atoms with Crippen molar-refractivity contribution in [2.45, 2.75) is 116 Å². The summed E-state index contributed by atoms with van der Waals surface area (Å²) in [6.07, 6.45) is 13.8. The van der Waals surface area contributed by atoms with Crippen molar-refractivity contribution < 1.29 is 37.9 Å². The van der Waals surface area contributed by atoms with Gasteiger partial charge in [-0.3, -0.25) is 18.6 Å². The fourth-order valence-corrected chi connectivity index (χ4v) is 4.02. The number of nitrogens with one attached hydrogen (secondary N) is 1. The molecule has 0 saturated heterocycles. The Morgan fingerprint density at radius 2 is 1.32 bits per heavy atom. The molecule has 10 heteroatoms. The molecule has 9 nitrogen and oxygen atoms in total. The summed E-state index contributed by atoms with van der Waals surface area (Å²) in [5, 5.41) is 12.4. The smallest absolute Gasteiger partial charge is 0.463 e. The molecule has 2 unspecified atom stereocenters. The van der Waals surface area contributed by atoms with Crippen molar-refractivity contribution in [1.82, 2.24) is 5.32 Å². The average molecular weight is 510 g/mol. The molecule has 0 bridgehead atoms. The highest BCUT2D eigenvalue weighted by atomic mass is 31.2. The second-order valence-corrected chi connectivity index (χ2v) is 10.1. The number of amides is 1. The lowest BCUT2D eigenvalue weighted by Crippen LogP contribution is -2.27. The summed E-state index contributed by atoms with van der Waals surface area (Å²) in [6, 6.07) is 0. The Hall–Kier alpha value is -0.990. The third kappa shape index (κ3) is 22.8. The molecule has 0 aliphatic rings. The van der Waals surface area contributed by atoms with Crippen molar-refractivity contribution in [3.05, 3.63) is 0 Å². The summed E-state index contributed by atoms with van der Waals surface area (Å²) >= 11 is 0. The number of aliphatic hydroxyl groups excluding tert-OH is 1. The lowest BCUT2D eigenvalue weighted by atomic mass is 10.1. The van der Waals surface area contributed by atoms with Gasteiger partial charge in [-0.05, 0) is 12.8 Å². The Morgan fingerprint density at radius 1 is 0.794 bits per heavy atom. The minimum atomic E-state index is -4.37. The third-order valence-corrected chi connectivity index (χ3v) is 6.27. The summed E-state index contributed by atoms with van der Waals surface area (Å²) in [5.41, 5.74) is 0. The van der Waals surface area contributed by atoms with Crippen LogP contribution in [0.25, 0.3) is 0 Å². The van der Waals surface area contributed by atoms with E-state index in [1.165, 1.54) is 38.5 Å². The Labute approximate surface area is 205 Å². The number of aliphatic hydroxyl groups is 1. The summed E-state index contributed by atoms with van der Waals surface area (Å²) < 4.78 is 26.3. The molecule has 0 heterocycles. The van der Waals surface area contributed by atoms with Gasteiger partial charge in [0.15, 0.2) is 0 Å². The normalized spacial score (nSPS) is 13.9. The van der Waals surface area contributed by atoms with Crippen LogP contribution in [0.2, 0.25) is 0 Å². The number of esters is 1. The first-order valence-corrected chi connectivity index (χ1v) is 14.5. The molecule has 0 saturated carbocycles. The molecule has 0 fully saturated rings. The summed E-state index contributed by atoms with van der Waals surface area (Å²) in [7, 11) is -4.37. The predicted molar refractivity (Wildman–Crippen MR) is 132 cm³/mol. The van der Waals surface area contributed by atoms with Crippen LogP contribution in [0.3, 0.4) is 0 Å². The maximum atomic E-state index is 11.8. The van der Waals surface area contributed by atoms with Gasteiger partial charge in [0.25, 0.3) is 0 Å². The van der Waals surface area contributed by atoms with Crippen LogP contribution >= 0.6 is 7.82 Å². The zero-order valence-electron chi connectivity index (χ0n) is 21.3. The highest BCUT2D eigenvalue weighted by Gasteiger charge is 2.23. The number of rotatable bonds is 24. The van der Waals surface area contributed by atoms with E-state index in [2.05, 4.69) is 19.2 Å². The molecule has 0 radical (unpaired) electrons. The predicted octanol–water partition coefficient (Wildman–Crippen LogP) is 5.03. The van der Waals surface area contributed by atoms with E-state index in [0.29, 0.717) is 6.42 Å². The fraction of sp³-hybridized carbons (Fsp3) is 0.917. The van der Waals surface area contributed by atoms with Crippen LogP contribution in [0, 0.1) is 0 Å². The van der Waals surface area contributed by atoms with Crippen LogP contribution < -0.4 is 5.32 Å². The van der Waals surface area contributed by atoms with Crippen molar-refractivity contribution in [3.8, 4) is 0 Å². The van der Waals surface area contributed by atoms with E-state index >= 15 is 0 Å². The summed E-state index contributed by atoms with van der Waals surface area (Å²) in [4.78, 5) is 33.0. The van der Waals surface area contributed by atoms with Crippen molar-refractivity contribution >= 4 is 19.7 Å². The van der Waals surface area contributed by atoms with E-state index < -0.39 is 26.5 Å². The second kappa shape index (κ2) is 22.5. The lowest BCUT2D eigenvalue weighted by Gasteiger charge is -2.15. The summed E-state index contributed by atoms with van der Waals surface area (Å²) in [6.45, 7) is 3.36. The number of hydrogen-bond donors (Lipinski definition) is 3. The average Bonchev–Trinajstić information content (AvgIpc) is 2.81. The van der Waals surface area contributed by atoms with Crippen molar-refractivity contribution in [1.29, 1.82) is 0 Å². The minimum absolute atomic E-state index is 0.0829. The van der Waals surface area contributed by atoms with Crippen molar-refractivity contribution in [2.24, 2.45) is 0 Å². The fourth-order valence-electron chi connectivity index (χ4n) is 3.26. The van der Waals surface area contributed by atoms with Crippen LogP contribution in [0.4, 0.5) is 0 Å². The number of phosphoric ester groups is 1. The molecule has 34 heavy (non-hydrogen) atoms. The van der Waals surface area contributed by atoms with E-state index in [-0.39, 0.29) is 32.1 Å². The van der Waals surface area contributed by atoms with E-state index in [1.807, 2.05) is 0 Å². The number of ether oxygens (including phenoxy) is 1. The van der Waals surface area contributed by atoms with Crippen LogP contribution in [0.1, 0.15) is 110 Å². The monoisotopic (exact) mass is 509 g/mol. The first-order valence-electron chi connectivity index (χ1n) is 13.0. The van der Waals surface area contributed by atoms with Crippen molar-refractivity contribution in [3.63, 3.8) is 0 Å². The number of unbranched alkanes of at least 4 members (excludes halogenated alkanes) is 11. The summed E-state index contributed by atoms with van der Waals surface area (Å²) in [5.74, 6) is -0.538. The molecule has 0 aliphatic heterocycles. The molecule has 0 rings (SSSR count). The minimum Gasteiger partial charge on any atom is -0.463 e. The van der Waals surface area contributed by atoms with Crippen LogP contribution in [-0.4, -0.2) is 54.3 Å². The zero-order valence-corrected chi connectivity index (χ0v) is 22.2. The van der Waals surface area contributed by atoms with Gasteiger partial charge >= 0.3 is 13.8 Å². The van der Waals surface area contributed by atoms with Crippen molar-refractivity contribution in [2.75, 3.05) is 26.4 Å². The van der Waals surface area contributed by atoms with Gasteiger partial charge in [-0.1, -0.05) is 84.5 Å². The van der Waals surface area contributed by atoms with E-state index in [9.17, 15) is 24.2 Å². The molecule has 1 amide bonds. The number of phosphoric acid groups is 1. The largest absolute Gasteiger partial charge is 0.472 e. The highest BCUT2D eigenvalue weighted by Crippen LogP contribution is 2.42. The molecule has 0 aromatic rings. The van der Waals surface area contributed by atoms with E-state index in [0.717, 1.165) is 44.9 Å². The van der Waals surface area contributed by atoms with Gasteiger partial charge in [0.1, 0.15) is 12.7 Å². The van der Waals surface area contributed by atoms with Gasteiger partial charge in [-0.25, -0.2) is 4.57 Å².